The molecule has 2 aromatic rings. The van der Waals surface area contributed by atoms with Crippen molar-refractivity contribution in [2.24, 2.45) is 0 Å². The van der Waals surface area contributed by atoms with E-state index in [0.29, 0.717) is 31.1 Å². The third-order valence-corrected chi connectivity index (χ3v) is 5.58. The Balaban J connectivity index is 2.01. The number of rotatable bonds is 6. The van der Waals surface area contributed by atoms with Gasteiger partial charge in [0, 0.05) is 31.3 Å². The number of fused-ring (bicyclic) bond motifs is 1. The Morgan fingerprint density at radius 2 is 2.23 bits per heavy atom. The largest absolute Gasteiger partial charge is 0.493 e. The maximum absolute atomic E-state index is 12.2. The summed E-state index contributed by atoms with van der Waals surface area (Å²) in [5.74, 6) is 1.28. The molecule has 0 saturated heterocycles. The number of hydrogen-bond acceptors (Lipinski definition) is 6. The number of carbonyl (C=O) groups excluding carboxylic acids is 1. The predicted octanol–water partition coefficient (Wildman–Crippen LogP) is 2.93. The van der Waals surface area contributed by atoms with Crippen LogP contribution in [0.25, 0.3) is 0 Å². The molecular weight excluding hydrogens is 350 g/mol. The van der Waals surface area contributed by atoms with Crippen LogP contribution in [0.2, 0.25) is 0 Å². The number of anilines is 1. The van der Waals surface area contributed by atoms with Crippen LogP contribution >= 0.6 is 11.3 Å². The summed E-state index contributed by atoms with van der Waals surface area (Å²) >= 11 is 1.63. The summed E-state index contributed by atoms with van der Waals surface area (Å²) in [7, 11) is 5.56. The molecule has 7 heteroatoms. The number of hydrogen-bond donors (Lipinski definition) is 1. The molecule has 1 atom stereocenters. The average molecular weight is 373 g/mol. The highest BCUT2D eigenvalue weighted by Crippen LogP contribution is 2.41. The van der Waals surface area contributed by atoms with E-state index in [4.69, 9.17) is 9.47 Å². The van der Waals surface area contributed by atoms with Crippen LogP contribution in [0.4, 0.5) is 5.13 Å². The van der Waals surface area contributed by atoms with Gasteiger partial charge >= 0.3 is 0 Å². The topological polar surface area (TPSA) is 63.7 Å². The summed E-state index contributed by atoms with van der Waals surface area (Å²) in [6.07, 6.45) is 2.08. The molecule has 0 radical (unpaired) electrons. The zero-order valence-corrected chi connectivity index (χ0v) is 16.1. The lowest BCUT2D eigenvalue weighted by Crippen LogP contribution is -2.21. The maximum Gasteiger partial charge on any atom is 0.221 e. The van der Waals surface area contributed by atoms with Gasteiger partial charge in [-0.15, -0.1) is 11.3 Å². The van der Waals surface area contributed by atoms with Crippen molar-refractivity contribution in [1.29, 1.82) is 0 Å². The zero-order chi connectivity index (χ0) is 18.7. The van der Waals surface area contributed by atoms with Gasteiger partial charge in [-0.05, 0) is 17.7 Å². The highest BCUT2D eigenvalue weighted by Gasteiger charge is 2.29. The number of amides is 1. The lowest BCUT2D eigenvalue weighted by Gasteiger charge is -2.17. The van der Waals surface area contributed by atoms with Crippen LogP contribution in [0.5, 0.6) is 11.5 Å². The van der Waals surface area contributed by atoms with Crippen molar-refractivity contribution >= 4 is 22.4 Å². The molecule has 26 heavy (non-hydrogen) atoms. The van der Waals surface area contributed by atoms with E-state index in [9.17, 15) is 4.79 Å². The first-order chi connectivity index (χ1) is 12.5. The Labute approximate surface area is 157 Å². The molecule has 0 aliphatic carbocycles. The van der Waals surface area contributed by atoms with Gasteiger partial charge in [0.2, 0.25) is 5.91 Å². The van der Waals surface area contributed by atoms with Gasteiger partial charge in [-0.2, -0.15) is 0 Å². The minimum Gasteiger partial charge on any atom is -0.493 e. The first kappa shape index (κ1) is 18.3. The van der Waals surface area contributed by atoms with Crippen molar-refractivity contribution < 1.29 is 14.3 Å². The number of nitrogens with zero attached hydrogens (tertiary/aromatic N) is 2. The van der Waals surface area contributed by atoms with Crippen molar-refractivity contribution in [3.63, 3.8) is 0 Å². The normalized spacial score (nSPS) is 16.3. The highest BCUT2D eigenvalue weighted by atomic mass is 32.1. The minimum absolute atomic E-state index is 0.0255. The van der Waals surface area contributed by atoms with Crippen molar-refractivity contribution in [2.45, 2.75) is 18.9 Å². The molecule has 0 unspecified atom stereocenters. The van der Waals surface area contributed by atoms with E-state index in [1.165, 1.54) is 0 Å². The Morgan fingerprint density at radius 1 is 1.42 bits per heavy atom. The fourth-order valence-corrected chi connectivity index (χ4v) is 4.04. The fraction of sp³-hybridized carbons (Fsp3) is 0.368. The van der Waals surface area contributed by atoms with E-state index >= 15 is 0 Å². The summed E-state index contributed by atoms with van der Waals surface area (Å²) < 4.78 is 11.1. The van der Waals surface area contributed by atoms with Gasteiger partial charge in [-0.3, -0.25) is 4.79 Å². The van der Waals surface area contributed by atoms with Crippen LogP contribution in [-0.4, -0.2) is 38.7 Å². The zero-order valence-electron chi connectivity index (χ0n) is 15.2. The van der Waals surface area contributed by atoms with Crippen LogP contribution in [0.3, 0.4) is 0 Å². The van der Waals surface area contributed by atoms with E-state index in [1.54, 1.807) is 24.5 Å². The number of carbonyl (C=O) groups is 1. The van der Waals surface area contributed by atoms with E-state index in [1.807, 2.05) is 37.2 Å². The van der Waals surface area contributed by atoms with E-state index in [-0.39, 0.29) is 11.8 Å². The SMILES string of the molecule is C=CCOc1ccc([C@@H]2CC(=O)NCc3nc(N(C)C)sc32)cc1OC. The Hall–Kier alpha value is -2.54. The van der Waals surface area contributed by atoms with Gasteiger partial charge in [0.05, 0.1) is 19.3 Å². The number of aromatic nitrogens is 1. The molecule has 1 aliphatic rings. The lowest BCUT2D eigenvalue weighted by atomic mass is 9.93. The molecular formula is C19H23N3O3S. The molecule has 0 saturated carbocycles. The van der Waals surface area contributed by atoms with Gasteiger partial charge in [0.25, 0.3) is 0 Å². The Kier molecular flexibility index (Phi) is 5.46. The molecule has 0 bridgehead atoms. The number of benzene rings is 1. The number of nitrogens with one attached hydrogen (secondary N) is 1. The van der Waals surface area contributed by atoms with Gasteiger partial charge in [-0.1, -0.05) is 18.7 Å². The molecule has 1 N–H and O–H groups in total. The second kappa shape index (κ2) is 7.78. The van der Waals surface area contributed by atoms with Crippen LogP contribution in [0.15, 0.2) is 30.9 Å². The Morgan fingerprint density at radius 3 is 2.92 bits per heavy atom. The first-order valence-corrected chi connectivity index (χ1v) is 9.20. The predicted molar refractivity (Wildman–Crippen MR) is 103 cm³/mol. The third kappa shape index (κ3) is 3.67. The average Bonchev–Trinajstić information content (AvgIpc) is 3.00. The Bertz CT molecular complexity index is 816. The summed E-state index contributed by atoms with van der Waals surface area (Å²) in [4.78, 5) is 20.0. The van der Waals surface area contributed by atoms with Gasteiger partial charge in [0.15, 0.2) is 16.6 Å². The summed E-state index contributed by atoms with van der Waals surface area (Å²) in [5.41, 5.74) is 1.94. The summed E-state index contributed by atoms with van der Waals surface area (Å²) in [6.45, 7) is 4.54. The maximum atomic E-state index is 12.2. The standard InChI is InChI=1S/C19H23N3O3S/c1-5-8-25-15-7-6-12(9-16(15)24-4)13-10-17(23)20-11-14-18(13)26-19(21-14)22(2)3/h5-7,9,13H,1,8,10-11H2,2-4H3,(H,20,23)/t13-/m0/s1. The molecule has 1 aromatic heterocycles. The molecule has 2 heterocycles. The highest BCUT2D eigenvalue weighted by molar-refractivity contribution is 7.15. The van der Waals surface area contributed by atoms with Gasteiger partial charge < -0.3 is 19.7 Å². The number of methoxy groups -OCH3 is 1. The van der Waals surface area contributed by atoms with E-state index < -0.39 is 0 Å². The second-order valence-electron chi connectivity index (χ2n) is 6.25. The van der Waals surface area contributed by atoms with E-state index in [2.05, 4.69) is 16.9 Å². The second-order valence-corrected chi connectivity index (χ2v) is 7.25. The number of thiazole rings is 1. The van der Waals surface area contributed by atoms with Gasteiger partial charge in [-0.25, -0.2) is 4.98 Å². The molecule has 0 spiro atoms. The molecule has 3 rings (SSSR count). The molecule has 1 amide bonds. The molecule has 1 aliphatic heterocycles. The molecule has 138 valence electrons. The van der Waals surface area contributed by atoms with Crippen LogP contribution in [-0.2, 0) is 11.3 Å². The van der Waals surface area contributed by atoms with Crippen molar-refractivity contribution in [3.8, 4) is 11.5 Å². The lowest BCUT2D eigenvalue weighted by molar-refractivity contribution is -0.121. The van der Waals surface area contributed by atoms with Crippen molar-refractivity contribution in [2.75, 3.05) is 32.7 Å². The summed E-state index contributed by atoms with van der Waals surface area (Å²) in [6, 6.07) is 5.82. The third-order valence-electron chi connectivity index (χ3n) is 4.20. The fourth-order valence-electron chi connectivity index (χ4n) is 2.91. The van der Waals surface area contributed by atoms with E-state index in [0.717, 1.165) is 21.3 Å². The van der Waals surface area contributed by atoms with Crippen LogP contribution in [0, 0.1) is 0 Å². The first-order valence-electron chi connectivity index (χ1n) is 8.38. The molecule has 1 aromatic carbocycles. The van der Waals surface area contributed by atoms with Crippen LogP contribution in [0.1, 0.15) is 28.5 Å². The molecule has 0 fully saturated rings. The molecule has 6 nitrogen and oxygen atoms in total. The minimum atomic E-state index is -0.0546. The monoisotopic (exact) mass is 373 g/mol. The smallest absolute Gasteiger partial charge is 0.221 e. The van der Waals surface area contributed by atoms with Crippen molar-refractivity contribution in [3.05, 3.63) is 47.0 Å². The van der Waals surface area contributed by atoms with Crippen molar-refractivity contribution in [1.82, 2.24) is 10.3 Å². The van der Waals surface area contributed by atoms with Gasteiger partial charge in [0.1, 0.15) is 6.61 Å². The van der Waals surface area contributed by atoms with Crippen LogP contribution < -0.4 is 19.7 Å². The summed E-state index contributed by atoms with van der Waals surface area (Å²) in [5, 5.41) is 3.88. The number of ether oxygens (including phenoxy) is 2. The quantitative estimate of drug-likeness (QED) is 0.789.